The van der Waals surface area contributed by atoms with Crippen LogP contribution >= 0.6 is 0 Å². The minimum Gasteiger partial charge on any atom is -0.494 e. The van der Waals surface area contributed by atoms with Crippen LogP contribution in [-0.4, -0.2) is 81.2 Å². The highest BCUT2D eigenvalue weighted by molar-refractivity contribution is 7.89. The number of carboxylic acid groups (broad SMARTS) is 1. The fourth-order valence-electron chi connectivity index (χ4n) is 2.74. The predicted octanol–water partition coefficient (Wildman–Crippen LogP) is 0.881. The molecular weight excluding hydrogens is 360 g/mol. The zero-order valence-electron chi connectivity index (χ0n) is 15.1. The van der Waals surface area contributed by atoms with Crippen molar-refractivity contribution in [2.24, 2.45) is 0 Å². The van der Waals surface area contributed by atoms with E-state index >= 15 is 0 Å². The Morgan fingerprint density at radius 3 is 2.69 bits per heavy atom. The van der Waals surface area contributed by atoms with Crippen molar-refractivity contribution in [1.29, 1.82) is 0 Å². The molecular formula is C17H26N2O6S. The predicted molar refractivity (Wildman–Crippen MR) is 95.9 cm³/mol. The van der Waals surface area contributed by atoms with E-state index in [-0.39, 0.29) is 37.2 Å². The molecule has 1 atom stereocenters. The van der Waals surface area contributed by atoms with Crippen molar-refractivity contribution in [3.8, 4) is 5.75 Å². The van der Waals surface area contributed by atoms with Crippen LogP contribution in [-0.2, 0) is 19.6 Å². The van der Waals surface area contributed by atoms with Crippen LogP contribution in [0.4, 0.5) is 0 Å². The topological polar surface area (TPSA) is 96.4 Å². The molecule has 0 aromatic heterocycles. The molecule has 2 rings (SSSR count). The number of aliphatic carboxylic acids is 1. The van der Waals surface area contributed by atoms with Gasteiger partial charge in [0, 0.05) is 19.6 Å². The normalized spacial score (nSPS) is 18.8. The molecule has 0 bridgehead atoms. The Balaban J connectivity index is 2.02. The van der Waals surface area contributed by atoms with Crippen molar-refractivity contribution in [2.45, 2.75) is 24.3 Å². The number of rotatable bonds is 9. The molecule has 0 amide bonds. The van der Waals surface area contributed by atoms with E-state index in [1.807, 2.05) is 6.92 Å². The molecule has 1 heterocycles. The number of hydrogen-bond acceptors (Lipinski definition) is 6. The van der Waals surface area contributed by atoms with E-state index in [9.17, 15) is 13.2 Å². The van der Waals surface area contributed by atoms with E-state index in [4.69, 9.17) is 14.6 Å². The van der Waals surface area contributed by atoms with E-state index in [2.05, 4.69) is 0 Å². The van der Waals surface area contributed by atoms with E-state index in [1.54, 1.807) is 36.2 Å². The highest BCUT2D eigenvalue weighted by Gasteiger charge is 2.31. The largest absolute Gasteiger partial charge is 0.494 e. The highest BCUT2D eigenvalue weighted by Crippen LogP contribution is 2.22. The highest BCUT2D eigenvalue weighted by atomic mass is 32.2. The first-order valence-electron chi connectivity index (χ1n) is 8.58. The molecule has 0 aliphatic carbocycles. The summed E-state index contributed by atoms with van der Waals surface area (Å²) in [4.78, 5) is 12.6. The first kappa shape index (κ1) is 20.6. The SMILES string of the molecule is CCCOc1ccc(S(=O)(=O)N2CCOC(CN(C)CC(=O)O)C2)cc1. The Hall–Kier alpha value is -1.68. The van der Waals surface area contributed by atoms with Crippen molar-refractivity contribution in [1.82, 2.24) is 9.21 Å². The summed E-state index contributed by atoms with van der Waals surface area (Å²) in [5, 5.41) is 8.82. The second-order valence-electron chi connectivity index (χ2n) is 6.27. The summed E-state index contributed by atoms with van der Waals surface area (Å²) in [7, 11) is -1.96. The molecule has 1 aliphatic rings. The lowest BCUT2D eigenvalue weighted by molar-refractivity contribution is -0.138. The van der Waals surface area contributed by atoms with Crippen molar-refractivity contribution in [3.05, 3.63) is 24.3 Å². The monoisotopic (exact) mass is 386 g/mol. The number of ether oxygens (including phenoxy) is 2. The van der Waals surface area contributed by atoms with Gasteiger partial charge in [0.25, 0.3) is 0 Å². The standard InChI is InChI=1S/C17H26N2O6S/c1-3-9-24-14-4-6-16(7-5-14)26(22,23)19-8-10-25-15(12-19)11-18(2)13-17(20)21/h4-7,15H,3,8-13H2,1-2H3,(H,20,21). The molecule has 146 valence electrons. The molecule has 1 aliphatic heterocycles. The number of nitrogens with zero attached hydrogens (tertiary/aromatic N) is 2. The van der Waals surface area contributed by atoms with Gasteiger partial charge >= 0.3 is 5.97 Å². The Morgan fingerprint density at radius 2 is 2.08 bits per heavy atom. The Kier molecular flexibility index (Phi) is 7.39. The second-order valence-corrected chi connectivity index (χ2v) is 8.20. The quantitative estimate of drug-likeness (QED) is 0.673. The van der Waals surface area contributed by atoms with Crippen molar-refractivity contribution in [2.75, 3.05) is 46.4 Å². The number of morpholine rings is 1. The lowest BCUT2D eigenvalue weighted by Crippen LogP contribution is -2.49. The van der Waals surface area contributed by atoms with Gasteiger partial charge in [-0.2, -0.15) is 4.31 Å². The van der Waals surface area contributed by atoms with Gasteiger partial charge in [-0.25, -0.2) is 8.42 Å². The Morgan fingerprint density at radius 1 is 1.38 bits per heavy atom. The maximum Gasteiger partial charge on any atom is 0.317 e. The molecule has 1 aromatic carbocycles. The smallest absolute Gasteiger partial charge is 0.317 e. The van der Waals surface area contributed by atoms with Gasteiger partial charge in [-0.05, 0) is 37.7 Å². The summed E-state index contributed by atoms with van der Waals surface area (Å²) in [6.07, 6.45) is 0.515. The third-order valence-corrected chi connectivity index (χ3v) is 5.84. The molecule has 0 spiro atoms. The maximum absolute atomic E-state index is 12.8. The summed E-state index contributed by atoms with van der Waals surface area (Å²) in [6.45, 7) is 3.56. The molecule has 1 saturated heterocycles. The van der Waals surface area contributed by atoms with Gasteiger partial charge in [0.15, 0.2) is 0 Å². The zero-order valence-corrected chi connectivity index (χ0v) is 15.9. The van der Waals surface area contributed by atoms with E-state index < -0.39 is 16.0 Å². The number of carbonyl (C=O) groups is 1. The average molecular weight is 386 g/mol. The van der Waals surface area contributed by atoms with Crippen LogP contribution in [0, 0.1) is 0 Å². The van der Waals surface area contributed by atoms with Gasteiger partial charge < -0.3 is 14.6 Å². The number of hydrogen-bond donors (Lipinski definition) is 1. The second kappa shape index (κ2) is 9.31. The molecule has 1 aromatic rings. The van der Waals surface area contributed by atoms with E-state index in [0.29, 0.717) is 18.9 Å². The number of likely N-dealkylation sites (N-methyl/N-ethyl adjacent to an activating group) is 1. The van der Waals surface area contributed by atoms with Crippen LogP contribution in [0.15, 0.2) is 29.2 Å². The summed E-state index contributed by atoms with van der Waals surface area (Å²) in [5.41, 5.74) is 0. The van der Waals surface area contributed by atoms with Gasteiger partial charge in [0.2, 0.25) is 10.0 Å². The number of benzene rings is 1. The molecule has 1 unspecified atom stereocenters. The Labute approximate surface area is 154 Å². The first-order chi connectivity index (χ1) is 12.3. The number of carboxylic acids is 1. The van der Waals surface area contributed by atoms with Crippen LogP contribution < -0.4 is 4.74 Å². The van der Waals surface area contributed by atoms with Gasteiger partial charge in [-0.1, -0.05) is 6.92 Å². The van der Waals surface area contributed by atoms with Gasteiger partial charge in [0.05, 0.1) is 30.8 Å². The third-order valence-electron chi connectivity index (χ3n) is 3.96. The molecule has 0 saturated carbocycles. The molecule has 1 fully saturated rings. The fourth-order valence-corrected chi connectivity index (χ4v) is 4.20. The minimum atomic E-state index is -3.63. The summed E-state index contributed by atoms with van der Waals surface area (Å²) in [5.74, 6) is -0.292. The van der Waals surface area contributed by atoms with Gasteiger partial charge in [0.1, 0.15) is 5.75 Å². The van der Waals surface area contributed by atoms with Crippen molar-refractivity contribution >= 4 is 16.0 Å². The van der Waals surface area contributed by atoms with E-state index in [0.717, 1.165) is 6.42 Å². The van der Waals surface area contributed by atoms with E-state index in [1.165, 1.54) is 4.31 Å². The van der Waals surface area contributed by atoms with Crippen LogP contribution in [0.2, 0.25) is 0 Å². The van der Waals surface area contributed by atoms with Crippen LogP contribution in [0.3, 0.4) is 0 Å². The average Bonchev–Trinajstić information content (AvgIpc) is 2.59. The molecule has 8 nitrogen and oxygen atoms in total. The lowest BCUT2D eigenvalue weighted by Gasteiger charge is -2.33. The van der Waals surface area contributed by atoms with Gasteiger partial charge in [-0.3, -0.25) is 9.69 Å². The molecule has 9 heteroatoms. The lowest BCUT2D eigenvalue weighted by atomic mass is 10.3. The minimum absolute atomic E-state index is 0.119. The van der Waals surface area contributed by atoms with Crippen molar-refractivity contribution in [3.63, 3.8) is 0 Å². The van der Waals surface area contributed by atoms with Crippen LogP contribution in [0.1, 0.15) is 13.3 Å². The van der Waals surface area contributed by atoms with Crippen LogP contribution in [0.5, 0.6) is 5.75 Å². The summed E-state index contributed by atoms with van der Waals surface area (Å²) in [6, 6.07) is 6.39. The van der Waals surface area contributed by atoms with Crippen molar-refractivity contribution < 1.29 is 27.8 Å². The molecule has 0 radical (unpaired) electrons. The fraction of sp³-hybridized carbons (Fsp3) is 0.588. The van der Waals surface area contributed by atoms with Gasteiger partial charge in [-0.15, -0.1) is 0 Å². The molecule has 1 N–H and O–H groups in total. The summed E-state index contributed by atoms with van der Waals surface area (Å²) >= 11 is 0. The zero-order chi connectivity index (χ0) is 19.2. The molecule has 26 heavy (non-hydrogen) atoms. The number of sulfonamides is 1. The summed E-state index contributed by atoms with van der Waals surface area (Å²) < 4.78 is 38.1. The maximum atomic E-state index is 12.8. The Bertz CT molecular complexity index is 692. The third kappa shape index (κ3) is 5.66. The van der Waals surface area contributed by atoms with Crippen LogP contribution in [0.25, 0.3) is 0 Å². The first-order valence-corrected chi connectivity index (χ1v) is 10.0.